The average molecular weight is 466 g/mol. The minimum absolute atomic E-state index is 0.0392. The van der Waals surface area contributed by atoms with Crippen LogP contribution in [0.25, 0.3) is 22.2 Å². The standard InChI is InChI=1S/C30H31N3O2/c1-4-27(22-13-7-5-8-14-22)31-29(35)19-25-24-17-11-12-18-28(24)32-30(23-15-9-6-10-16-23)26(25)20-33(3)21(2)34/h5-18,27H,4,19-20H2,1-3H3,(H,31,35)/t27-/m0/s1. The molecule has 0 unspecified atom stereocenters. The fourth-order valence-electron chi connectivity index (χ4n) is 4.39. The second kappa shape index (κ2) is 11.0. The summed E-state index contributed by atoms with van der Waals surface area (Å²) < 4.78 is 0. The van der Waals surface area contributed by atoms with Gasteiger partial charge in [-0.05, 0) is 23.6 Å². The normalized spacial score (nSPS) is 11.7. The van der Waals surface area contributed by atoms with Gasteiger partial charge >= 0.3 is 0 Å². The number of pyridine rings is 1. The molecule has 5 heteroatoms. The van der Waals surface area contributed by atoms with E-state index in [1.54, 1.807) is 18.9 Å². The Bertz CT molecular complexity index is 1320. The molecule has 0 aliphatic rings. The van der Waals surface area contributed by atoms with E-state index in [4.69, 9.17) is 4.98 Å². The number of hydrogen-bond acceptors (Lipinski definition) is 3. The Kier molecular flexibility index (Phi) is 7.56. The summed E-state index contributed by atoms with van der Waals surface area (Å²) in [7, 11) is 1.78. The zero-order valence-electron chi connectivity index (χ0n) is 20.5. The quantitative estimate of drug-likeness (QED) is 0.364. The smallest absolute Gasteiger partial charge is 0.224 e. The molecule has 0 aliphatic carbocycles. The summed E-state index contributed by atoms with van der Waals surface area (Å²) in [6, 6.07) is 27.8. The summed E-state index contributed by atoms with van der Waals surface area (Å²) in [4.78, 5) is 32.2. The van der Waals surface area contributed by atoms with Crippen LogP contribution < -0.4 is 5.32 Å². The predicted octanol–water partition coefficient (Wildman–Crippen LogP) is 5.69. The SMILES string of the molecule is CC[C@H](NC(=O)Cc1c(CN(C)C(C)=O)c(-c2ccccc2)nc2ccccc12)c1ccccc1. The number of hydrogen-bond donors (Lipinski definition) is 1. The van der Waals surface area contributed by atoms with E-state index in [0.29, 0.717) is 6.54 Å². The van der Waals surface area contributed by atoms with E-state index < -0.39 is 0 Å². The molecule has 1 aromatic heterocycles. The first kappa shape index (κ1) is 24.1. The summed E-state index contributed by atoms with van der Waals surface area (Å²) in [5.41, 5.74) is 5.49. The van der Waals surface area contributed by atoms with Gasteiger partial charge in [0.05, 0.1) is 23.7 Å². The van der Waals surface area contributed by atoms with E-state index in [9.17, 15) is 9.59 Å². The van der Waals surface area contributed by atoms with Crippen molar-refractivity contribution >= 4 is 22.7 Å². The number of nitrogens with one attached hydrogen (secondary N) is 1. The second-order valence-corrected chi connectivity index (χ2v) is 8.79. The number of carbonyl (C=O) groups excluding carboxylic acids is 2. The molecule has 35 heavy (non-hydrogen) atoms. The predicted molar refractivity (Wildman–Crippen MR) is 141 cm³/mol. The van der Waals surface area contributed by atoms with Crippen LogP contribution in [0.2, 0.25) is 0 Å². The van der Waals surface area contributed by atoms with Gasteiger partial charge in [-0.1, -0.05) is 85.8 Å². The highest BCUT2D eigenvalue weighted by Gasteiger charge is 2.22. The number of carbonyl (C=O) groups is 2. The molecule has 2 amide bonds. The zero-order valence-corrected chi connectivity index (χ0v) is 20.5. The Balaban J connectivity index is 1.80. The molecule has 0 bridgehead atoms. The van der Waals surface area contributed by atoms with Crippen molar-refractivity contribution < 1.29 is 9.59 Å². The summed E-state index contributed by atoms with van der Waals surface area (Å²) in [6.07, 6.45) is 0.995. The Labute approximate surface area is 206 Å². The molecule has 0 saturated carbocycles. The molecule has 0 radical (unpaired) electrons. The number of benzene rings is 3. The molecule has 3 aromatic carbocycles. The van der Waals surface area contributed by atoms with Crippen LogP contribution in [-0.4, -0.2) is 28.7 Å². The second-order valence-electron chi connectivity index (χ2n) is 8.79. The molecule has 0 spiro atoms. The van der Waals surface area contributed by atoms with Crippen LogP contribution in [0.15, 0.2) is 84.9 Å². The molecule has 0 fully saturated rings. The first-order valence-corrected chi connectivity index (χ1v) is 12.0. The monoisotopic (exact) mass is 465 g/mol. The van der Waals surface area contributed by atoms with Crippen molar-refractivity contribution in [1.82, 2.24) is 15.2 Å². The summed E-state index contributed by atoms with van der Waals surface area (Å²) in [5, 5.41) is 4.15. The molecule has 1 heterocycles. The van der Waals surface area contributed by atoms with Crippen LogP contribution in [0.1, 0.15) is 43.0 Å². The fraction of sp³-hybridized carbons (Fsp3) is 0.233. The van der Waals surface area contributed by atoms with Gasteiger partial charge in [0, 0.05) is 37.0 Å². The van der Waals surface area contributed by atoms with Crippen LogP contribution in [0, 0.1) is 0 Å². The van der Waals surface area contributed by atoms with Gasteiger partial charge in [-0.2, -0.15) is 0 Å². The van der Waals surface area contributed by atoms with E-state index in [1.807, 2.05) is 84.9 Å². The van der Waals surface area contributed by atoms with Crippen molar-refractivity contribution in [2.75, 3.05) is 7.05 Å². The number of para-hydroxylation sites is 1. The van der Waals surface area contributed by atoms with Crippen molar-refractivity contribution in [2.45, 2.75) is 39.3 Å². The van der Waals surface area contributed by atoms with E-state index in [0.717, 1.165) is 45.3 Å². The van der Waals surface area contributed by atoms with Crippen molar-refractivity contribution in [3.05, 3.63) is 102 Å². The summed E-state index contributed by atoms with van der Waals surface area (Å²) in [5.74, 6) is -0.0921. The average Bonchev–Trinajstić information content (AvgIpc) is 2.89. The third-order valence-electron chi connectivity index (χ3n) is 6.37. The lowest BCUT2D eigenvalue weighted by Gasteiger charge is -2.23. The molecule has 0 aliphatic heterocycles. The topological polar surface area (TPSA) is 62.3 Å². The number of fused-ring (bicyclic) bond motifs is 1. The van der Waals surface area contributed by atoms with Gasteiger partial charge in [-0.3, -0.25) is 9.59 Å². The van der Waals surface area contributed by atoms with Gasteiger partial charge in [0.15, 0.2) is 0 Å². The molecule has 4 rings (SSSR count). The van der Waals surface area contributed by atoms with Gasteiger partial charge in [-0.15, -0.1) is 0 Å². The highest BCUT2D eigenvalue weighted by atomic mass is 16.2. The number of amides is 2. The lowest BCUT2D eigenvalue weighted by molar-refractivity contribution is -0.128. The molecule has 4 aromatic rings. The third kappa shape index (κ3) is 5.57. The zero-order chi connectivity index (χ0) is 24.8. The van der Waals surface area contributed by atoms with E-state index >= 15 is 0 Å². The van der Waals surface area contributed by atoms with Gasteiger partial charge in [0.1, 0.15) is 0 Å². The number of nitrogens with zero attached hydrogens (tertiary/aromatic N) is 2. The van der Waals surface area contributed by atoms with Crippen LogP contribution >= 0.6 is 0 Å². The molecule has 1 N–H and O–H groups in total. The molecule has 5 nitrogen and oxygen atoms in total. The minimum atomic E-state index is -0.0614. The Hall–Kier alpha value is -3.99. The van der Waals surface area contributed by atoms with Crippen molar-refractivity contribution in [2.24, 2.45) is 0 Å². The molecular weight excluding hydrogens is 434 g/mol. The summed E-state index contributed by atoms with van der Waals surface area (Å²) in [6.45, 7) is 3.99. The lowest BCUT2D eigenvalue weighted by atomic mass is 9.93. The first-order valence-electron chi connectivity index (χ1n) is 12.0. The maximum absolute atomic E-state index is 13.4. The lowest BCUT2D eigenvalue weighted by Crippen LogP contribution is -2.30. The highest BCUT2D eigenvalue weighted by Crippen LogP contribution is 2.32. The van der Waals surface area contributed by atoms with Crippen LogP contribution in [0.4, 0.5) is 0 Å². The maximum Gasteiger partial charge on any atom is 0.224 e. The molecular formula is C30H31N3O2. The Morgan fingerprint density at radius 2 is 1.51 bits per heavy atom. The van der Waals surface area contributed by atoms with Gasteiger partial charge in [0.2, 0.25) is 11.8 Å². The largest absolute Gasteiger partial charge is 0.349 e. The van der Waals surface area contributed by atoms with Crippen LogP contribution in [0.3, 0.4) is 0 Å². The number of aromatic nitrogens is 1. The van der Waals surface area contributed by atoms with Crippen molar-refractivity contribution in [3.63, 3.8) is 0 Å². The van der Waals surface area contributed by atoms with Gasteiger partial charge in [0.25, 0.3) is 0 Å². The molecule has 178 valence electrons. The Morgan fingerprint density at radius 1 is 0.886 bits per heavy atom. The van der Waals surface area contributed by atoms with Crippen LogP contribution in [0.5, 0.6) is 0 Å². The van der Waals surface area contributed by atoms with Crippen LogP contribution in [-0.2, 0) is 22.6 Å². The van der Waals surface area contributed by atoms with Crippen molar-refractivity contribution in [3.8, 4) is 11.3 Å². The number of rotatable bonds is 8. The first-order chi connectivity index (χ1) is 17.0. The van der Waals surface area contributed by atoms with Gasteiger partial charge < -0.3 is 10.2 Å². The fourth-order valence-corrected chi connectivity index (χ4v) is 4.39. The van der Waals surface area contributed by atoms with Gasteiger partial charge in [-0.25, -0.2) is 4.98 Å². The highest BCUT2D eigenvalue weighted by molar-refractivity contribution is 5.92. The van der Waals surface area contributed by atoms with Crippen molar-refractivity contribution in [1.29, 1.82) is 0 Å². The molecule has 1 atom stereocenters. The van der Waals surface area contributed by atoms with E-state index in [-0.39, 0.29) is 24.3 Å². The van der Waals surface area contributed by atoms with E-state index in [1.165, 1.54) is 0 Å². The maximum atomic E-state index is 13.4. The van der Waals surface area contributed by atoms with E-state index in [2.05, 4.69) is 12.2 Å². The third-order valence-corrected chi connectivity index (χ3v) is 6.37. The minimum Gasteiger partial charge on any atom is -0.349 e. The molecule has 0 saturated heterocycles. The summed E-state index contributed by atoms with van der Waals surface area (Å²) >= 11 is 0. The Morgan fingerprint density at radius 3 is 2.17 bits per heavy atom.